The molecule has 0 N–H and O–H groups in total. The quantitative estimate of drug-likeness (QED) is 0.707. The standard InChI is InChI=1S/C13H18N4O4S/c1-22(19,20)17-5-6-21-11-9-16(7-10(11)8-17)13(18)12-14-3-2-4-15-12/h2-4,10-11H,5-9H2,1H3/t10-,11-/m0/s1. The SMILES string of the molecule is CS(=O)(=O)N1CCO[C@H]2CN(C(=O)c3ncccn3)C[C@H]2C1. The van der Waals surface area contributed by atoms with Crippen molar-refractivity contribution in [3.63, 3.8) is 0 Å². The second kappa shape index (κ2) is 5.90. The van der Waals surface area contributed by atoms with Crippen LogP contribution in [0.15, 0.2) is 18.5 Å². The lowest BCUT2D eigenvalue weighted by molar-refractivity contribution is 0.0489. The molecule has 1 aromatic rings. The number of sulfonamides is 1. The van der Waals surface area contributed by atoms with Gasteiger partial charge in [-0.05, 0) is 6.07 Å². The molecule has 2 saturated heterocycles. The number of ether oxygens (including phenoxy) is 1. The lowest BCUT2D eigenvalue weighted by Crippen LogP contribution is -2.37. The zero-order valence-electron chi connectivity index (χ0n) is 12.3. The molecule has 2 aliphatic heterocycles. The smallest absolute Gasteiger partial charge is 0.291 e. The first-order valence-corrected chi connectivity index (χ1v) is 8.93. The lowest BCUT2D eigenvalue weighted by atomic mass is 10.1. The first kappa shape index (κ1) is 15.3. The monoisotopic (exact) mass is 326 g/mol. The number of nitrogens with zero attached hydrogens (tertiary/aromatic N) is 4. The van der Waals surface area contributed by atoms with Crippen LogP contribution < -0.4 is 0 Å². The Morgan fingerprint density at radius 3 is 2.68 bits per heavy atom. The maximum Gasteiger partial charge on any atom is 0.291 e. The van der Waals surface area contributed by atoms with E-state index in [4.69, 9.17) is 4.74 Å². The van der Waals surface area contributed by atoms with Gasteiger partial charge in [0.15, 0.2) is 0 Å². The van der Waals surface area contributed by atoms with Crippen LogP contribution >= 0.6 is 0 Å². The van der Waals surface area contributed by atoms with Crippen LogP contribution in [0.4, 0.5) is 0 Å². The number of fused-ring (bicyclic) bond motifs is 1. The van der Waals surface area contributed by atoms with Gasteiger partial charge in [-0.15, -0.1) is 0 Å². The van der Waals surface area contributed by atoms with Gasteiger partial charge in [-0.2, -0.15) is 4.31 Å². The van der Waals surface area contributed by atoms with Crippen molar-refractivity contribution in [2.45, 2.75) is 6.10 Å². The second-order valence-corrected chi connectivity index (χ2v) is 7.56. The third kappa shape index (κ3) is 3.11. The largest absolute Gasteiger partial charge is 0.375 e. The summed E-state index contributed by atoms with van der Waals surface area (Å²) in [6, 6.07) is 1.65. The molecule has 0 spiro atoms. The van der Waals surface area contributed by atoms with Crippen LogP contribution in [0.25, 0.3) is 0 Å². The van der Waals surface area contributed by atoms with Gasteiger partial charge in [-0.3, -0.25) is 4.79 Å². The molecule has 0 saturated carbocycles. The first-order valence-electron chi connectivity index (χ1n) is 7.08. The Balaban J connectivity index is 1.72. The van der Waals surface area contributed by atoms with E-state index in [1.54, 1.807) is 11.0 Å². The van der Waals surface area contributed by atoms with Gasteiger partial charge in [0, 0.05) is 44.5 Å². The Hall–Kier alpha value is -1.58. The maximum absolute atomic E-state index is 12.4. The van der Waals surface area contributed by atoms with Gasteiger partial charge >= 0.3 is 0 Å². The van der Waals surface area contributed by atoms with E-state index in [-0.39, 0.29) is 23.8 Å². The van der Waals surface area contributed by atoms with Crippen LogP contribution in [0.5, 0.6) is 0 Å². The molecule has 0 bridgehead atoms. The highest BCUT2D eigenvalue weighted by Crippen LogP contribution is 2.25. The van der Waals surface area contributed by atoms with E-state index in [0.717, 1.165) is 0 Å². The summed E-state index contributed by atoms with van der Waals surface area (Å²) in [6.07, 6.45) is 4.11. The van der Waals surface area contributed by atoms with Gasteiger partial charge in [0.2, 0.25) is 15.8 Å². The zero-order valence-corrected chi connectivity index (χ0v) is 13.1. The van der Waals surface area contributed by atoms with E-state index >= 15 is 0 Å². The minimum atomic E-state index is -3.25. The Morgan fingerprint density at radius 2 is 2.00 bits per heavy atom. The van der Waals surface area contributed by atoms with Gasteiger partial charge in [-0.1, -0.05) is 0 Å². The van der Waals surface area contributed by atoms with Crippen molar-refractivity contribution in [2.75, 3.05) is 39.0 Å². The molecule has 1 aromatic heterocycles. The van der Waals surface area contributed by atoms with Crippen LogP contribution in [-0.2, 0) is 14.8 Å². The second-order valence-electron chi connectivity index (χ2n) is 5.57. The maximum atomic E-state index is 12.4. The molecule has 0 unspecified atom stereocenters. The molecule has 120 valence electrons. The molecule has 1 amide bonds. The van der Waals surface area contributed by atoms with Crippen molar-refractivity contribution < 1.29 is 17.9 Å². The zero-order chi connectivity index (χ0) is 15.7. The van der Waals surface area contributed by atoms with E-state index in [9.17, 15) is 13.2 Å². The van der Waals surface area contributed by atoms with Gasteiger partial charge in [0.05, 0.1) is 19.0 Å². The molecule has 0 radical (unpaired) electrons. The van der Waals surface area contributed by atoms with Crippen molar-refractivity contribution in [3.8, 4) is 0 Å². The third-order valence-corrected chi connectivity index (χ3v) is 5.27. The average molecular weight is 326 g/mol. The van der Waals surface area contributed by atoms with Gasteiger partial charge < -0.3 is 9.64 Å². The van der Waals surface area contributed by atoms with Gasteiger partial charge in [0.1, 0.15) is 0 Å². The summed E-state index contributed by atoms with van der Waals surface area (Å²) in [7, 11) is -3.25. The molecule has 0 aromatic carbocycles. The number of amides is 1. The number of carbonyl (C=O) groups is 1. The predicted octanol–water partition coefficient (Wildman–Crippen LogP) is -0.791. The fraction of sp³-hybridized carbons (Fsp3) is 0.615. The molecule has 22 heavy (non-hydrogen) atoms. The number of likely N-dealkylation sites (tertiary alicyclic amines) is 1. The summed E-state index contributed by atoms with van der Waals surface area (Å²) in [5, 5.41) is 0. The summed E-state index contributed by atoms with van der Waals surface area (Å²) >= 11 is 0. The van der Waals surface area contributed by atoms with E-state index in [1.807, 2.05) is 0 Å². The van der Waals surface area contributed by atoms with Crippen molar-refractivity contribution >= 4 is 15.9 Å². The minimum Gasteiger partial charge on any atom is -0.375 e. The molecular weight excluding hydrogens is 308 g/mol. The number of carbonyl (C=O) groups excluding carboxylic acids is 1. The number of hydrogen-bond acceptors (Lipinski definition) is 6. The lowest BCUT2D eigenvalue weighted by Gasteiger charge is -2.21. The summed E-state index contributed by atoms with van der Waals surface area (Å²) in [6.45, 7) is 1.98. The minimum absolute atomic E-state index is 0.0233. The molecule has 3 heterocycles. The molecule has 0 aliphatic carbocycles. The topological polar surface area (TPSA) is 92.7 Å². The third-order valence-electron chi connectivity index (χ3n) is 4.01. The van der Waals surface area contributed by atoms with Crippen molar-refractivity contribution in [1.29, 1.82) is 0 Å². The van der Waals surface area contributed by atoms with E-state index < -0.39 is 10.0 Å². The van der Waals surface area contributed by atoms with Crippen molar-refractivity contribution in [3.05, 3.63) is 24.3 Å². The van der Waals surface area contributed by atoms with Gasteiger partial charge in [-0.25, -0.2) is 18.4 Å². The average Bonchev–Trinajstić information content (AvgIpc) is 2.78. The fourth-order valence-corrected chi connectivity index (χ4v) is 3.75. The van der Waals surface area contributed by atoms with Crippen molar-refractivity contribution in [1.82, 2.24) is 19.2 Å². The number of rotatable bonds is 2. The summed E-state index contributed by atoms with van der Waals surface area (Å²) in [4.78, 5) is 21.9. The summed E-state index contributed by atoms with van der Waals surface area (Å²) in [5.41, 5.74) is 0. The van der Waals surface area contributed by atoms with E-state index in [0.29, 0.717) is 32.8 Å². The normalized spacial score (nSPS) is 26.5. The van der Waals surface area contributed by atoms with Crippen LogP contribution in [0.1, 0.15) is 10.6 Å². The van der Waals surface area contributed by atoms with Crippen LogP contribution in [-0.4, -0.2) is 78.6 Å². The Labute approximate surface area is 129 Å². The molecule has 2 aliphatic rings. The van der Waals surface area contributed by atoms with Crippen LogP contribution in [0.2, 0.25) is 0 Å². The molecule has 2 atom stereocenters. The summed E-state index contributed by atoms with van der Waals surface area (Å²) < 4.78 is 30.6. The van der Waals surface area contributed by atoms with Crippen molar-refractivity contribution in [2.24, 2.45) is 5.92 Å². The molecule has 2 fully saturated rings. The molecule has 3 rings (SSSR count). The van der Waals surface area contributed by atoms with Crippen LogP contribution in [0, 0.1) is 5.92 Å². The predicted molar refractivity (Wildman–Crippen MR) is 77.6 cm³/mol. The Kier molecular flexibility index (Phi) is 4.11. The highest BCUT2D eigenvalue weighted by atomic mass is 32.2. The van der Waals surface area contributed by atoms with E-state index in [2.05, 4.69) is 9.97 Å². The molecule has 9 heteroatoms. The highest BCUT2D eigenvalue weighted by molar-refractivity contribution is 7.88. The number of aromatic nitrogens is 2. The Morgan fingerprint density at radius 1 is 1.27 bits per heavy atom. The fourth-order valence-electron chi connectivity index (χ4n) is 2.88. The van der Waals surface area contributed by atoms with E-state index in [1.165, 1.54) is 23.0 Å². The highest BCUT2D eigenvalue weighted by Gasteiger charge is 2.40. The van der Waals surface area contributed by atoms with Crippen LogP contribution in [0.3, 0.4) is 0 Å². The first-order chi connectivity index (χ1) is 10.4. The molecular formula is C13H18N4O4S. The number of hydrogen-bond donors (Lipinski definition) is 0. The Bertz CT molecular complexity index is 651. The summed E-state index contributed by atoms with van der Waals surface area (Å²) in [5.74, 6) is -0.119. The van der Waals surface area contributed by atoms with Gasteiger partial charge in [0.25, 0.3) is 5.91 Å². The molecule has 8 nitrogen and oxygen atoms in total.